The van der Waals surface area contributed by atoms with E-state index in [0.717, 1.165) is 5.56 Å². The molecule has 0 amide bonds. The van der Waals surface area contributed by atoms with Crippen molar-refractivity contribution in [2.75, 3.05) is 0 Å². The van der Waals surface area contributed by atoms with E-state index < -0.39 is 0 Å². The third kappa shape index (κ3) is 5.48. The number of carbonyl (C=O) groups excluding carboxylic acids is 2. The van der Waals surface area contributed by atoms with Crippen LogP contribution in [0.5, 0.6) is 0 Å². The van der Waals surface area contributed by atoms with Crippen molar-refractivity contribution in [1.29, 1.82) is 5.26 Å². The van der Waals surface area contributed by atoms with Gasteiger partial charge in [0, 0.05) is 23.0 Å². The first-order valence-corrected chi connectivity index (χ1v) is 8.01. The minimum Gasteiger partial charge on any atom is -0.294 e. The Kier molecular flexibility index (Phi) is 7.58. The van der Waals surface area contributed by atoms with Crippen LogP contribution in [0.1, 0.15) is 54.0 Å². The molecule has 3 heteroatoms. The van der Waals surface area contributed by atoms with Gasteiger partial charge in [0.05, 0.1) is 11.6 Å². The maximum absolute atomic E-state index is 11.6. The van der Waals surface area contributed by atoms with E-state index in [9.17, 15) is 9.59 Å². The normalized spacial score (nSPS) is 9.88. The second-order valence-corrected chi connectivity index (χ2v) is 6.06. The molecule has 0 aromatic heterocycles. The molecule has 2 aromatic carbocycles. The molecule has 0 spiro atoms. The first kappa shape index (κ1) is 19.3. The van der Waals surface area contributed by atoms with Crippen LogP contribution in [0.3, 0.4) is 0 Å². The molecule has 0 radical (unpaired) electrons. The molecule has 0 saturated carbocycles. The van der Waals surface area contributed by atoms with Crippen LogP contribution in [0, 0.1) is 23.2 Å². The molecule has 0 fully saturated rings. The maximum Gasteiger partial charge on any atom is 0.166 e. The Morgan fingerprint density at radius 3 is 1.79 bits per heavy atom. The minimum atomic E-state index is -0.0606. The van der Waals surface area contributed by atoms with Crippen molar-refractivity contribution in [2.45, 2.75) is 27.7 Å². The van der Waals surface area contributed by atoms with Crippen molar-refractivity contribution in [1.82, 2.24) is 0 Å². The Labute approximate surface area is 143 Å². The number of Topliss-reactive ketones (excluding diaryl/α,β-unsaturated/α-hetero) is 2. The number of benzene rings is 2. The van der Waals surface area contributed by atoms with Gasteiger partial charge in [-0.25, -0.2) is 0 Å². The van der Waals surface area contributed by atoms with Gasteiger partial charge in [0.2, 0.25) is 0 Å². The van der Waals surface area contributed by atoms with E-state index in [1.54, 1.807) is 24.3 Å². The lowest BCUT2D eigenvalue weighted by molar-refractivity contribution is 0.0932. The van der Waals surface area contributed by atoms with Gasteiger partial charge >= 0.3 is 0 Å². The van der Waals surface area contributed by atoms with Crippen LogP contribution >= 0.6 is 0 Å². The van der Waals surface area contributed by atoms with Gasteiger partial charge in [-0.3, -0.25) is 9.59 Å². The lowest BCUT2D eigenvalue weighted by Gasteiger charge is -2.04. The van der Waals surface area contributed by atoms with Crippen LogP contribution in [-0.2, 0) is 0 Å². The lowest BCUT2D eigenvalue weighted by Crippen LogP contribution is -2.09. The van der Waals surface area contributed by atoms with Crippen LogP contribution in [0.25, 0.3) is 0 Å². The number of ketones is 2. The summed E-state index contributed by atoms with van der Waals surface area (Å²) >= 11 is 0. The fourth-order valence-electron chi connectivity index (χ4n) is 2.04. The van der Waals surface area contributed by atoms with E-state index in [0.29, 0.717) is 11.1 Å². The molecule has 0 aliphatic heterocycles. The van der Waals surface area contributed by atoms with E-state index in [2.05, 4.69) is 0 Å². The zero-order chi connectivity index (χ0) is 18.1. The highest BCUT2D eigenvalue weighted by atomic mass is 16.1. The largest absolute Gasteiger partial charge is 0.294 e. The summed E-state index contributed by atoms with van der Waals surface area (Å²) in [6, 6.07) is 18.3. The fraction of sp³-hybridized carbons (Fsp3) is 0.286. The molecule has 2 aromatic rings. The molecule has 2 rings (SSSR count). The Morgan fingerprint density at radius 1 is 0.792 bits per heavy atom. The second-order valence-electron chi connectivity index (χ2n) is 6.06. The van der Waals surface area contributed by atoms with Crippen LogP contribution in [0.2, 0.25) is 0 Å². The molecule has 0 aliphatic carbocycles. The number of nitriles is 1. The summed E-state index contributed by atoms with van der Waals surface area (Å²) in [7, 11) is 0. The highest BCUT2D eigenvalue weighted by Crippen LogP contribution is 2.12. The summed E-state index contributed by atoms with van der Waals surface area (Å²) in [5, 5.41) is 8.75. The first-order valence-electron chi connectivity index (χ1n) is 8.01. The number of nitrogens with zero attached hydrogens (tertiary/aromatic N) is 1. The summed E-state index contributed by atoms with van der Waals surface area (Å²) in [6.07, 6.45) is 0. The van der Waals surface area contributed by atoms with Gasteiger partial charge in [0.25, 0.3) is 0 Å². The van der Waals surface area contributed by atoms with Crippen LogP contribution in [0.4, 0.5) is 0 Å². The van der Waals surface area contributed by atoms with Crippen LogP contribution in [-0.4, -0.2) is 11.6 Å². The molecule has 24 heavy (non-hydrogen) atoms. The summed E-state index contributed by atoms with van der Waals surface area (Å²) in [6.45, 7) is 7.48. The van der Waals surface area contributed by atoms with E-state index in [-0.39, 0.29) is 23.4 Å². The molecule has 3 nitrogen and oxygen atoms in total. The van der Waals surface area contributed by atoms with Gasteiger partial charge in [-0.2, -0.15) is 5.26 Å². The predicted molar refractivity (Wildman–Crippen MR) is 95.9 cm³/mol. The lowest BCUT2D eigenvalue weighted by atomic mass is 9.97. The molecule has 0 N–H and O–H groups in total. The van der Waals surface area contributed by atoms with E-state index in [1.807, 2.05) is 64.1 Å². The Bertz CT molecular complexity index is 725. The Morgan fingerprint density at radius 2 is 1.29 bits per heavy atom. The van der Waals surface area contributed by atoms with Gasteiger partial charge < -0.3 is 0 Å². The molecule has 0 unspecified atom stereocenters. The van der Waals surface area contributed by atoms with Gasteiger partial charge in [-0.05, 0) is 6.07 Å². The molecule has 0 saturated heterocycles. The quantitative estimate of drug-likeness (QED) is 0.751. The van der Waals surface area contributed by atoms with Gasteiger partial charge in [0.1, 0.15) is 0 Å². The van der Waals surface area contributed by atoms with Crippen molar-refractivity contribution < 1.29 is 9.59 Å². The van der Waals surface area contributed by atoms with Crippen molar-refractivity contribution in [3.63, 3.8) is 0 Å². The molecule has 0 bridgehead atoms. The minimum absolute atomic E-state index is 0.0251. The zero-order valence-corrected chi connectivity index (χ0v) is 14.6. The third-order valence-electron chi connectivity index (χ3n) is 3.42. The molecule has 0 aliphatic rings. The van der Waals surface area contributed by atoms with Crippen molar-refractivity contribution in [3.05, 3.63) is 71.3 Å². The number of hydrogen-bond acceptors (Lipinski definition) is 3. The van der Waals surface area contributed by atoms with Crippen molar-refractivity contribution in [2.24, 2.45) is 11.8 Å². The highest BCUT2D eigenvalue weighted by molar-refractivity contribution is 5.99. The third-order valence-corrected chi connectivity index (χ3v) is 3.42. The molecular formula is C21H23NO2. The fourth-order valence-corrected chi connectivity index (χ4v) is 2.04. The Hall–Kier alpha value is -2.73. The van der Waals surface area contributed by atoms with Crippen LogP contribution in [0.15, 0.2) is 54.6 Å². The monoisotopic (exact) mass is 321 g/mol. The molecule has 124 valence electrons. The molecule has 0 atom stereocenters. The van der Waals surface area contributed by atoms with Gasteiger partial charge in [-0.1, -0.05) is 76.2 Å². The van der Waals surface area contributed by atoms with Gasteiger partial charge in [-0.15, -0.1) is 0 Å². The van der Waals surface area contributed by atoms with E-state index >= 15 is 0 Å². The first-order chi connectivity index (χ1) is 11.4. The summed E-state index contributed by atoms with van der Waals surface area (Å²) in [4.78, 5) is 22.9. The second kappa shape index (κ2) is 9.42. The summed E-state index contributed by atoms with van der Waals surface area (Å²) < 4.78 is 0. The predicted octanol–water partition coefficient (Wildman–Crippen LogP) is 4.92. The summed E-state index contributed by atoms with van der Waals surface area (Å²) in [5.41, 5.74) is 1.80. The smallest absolute Gasteiger partial charge is 0.166 e. The molecule has 0 heterocycles. The average Bonchev–Trinajstić information content (AvgIpc) is 2.61. The number of hydrogen-bond donors (Lipinski definition) is 0. The maximum atomic E-state index is 11.6. The average molecular weight is 321 g/mol. The Balaban J connectivity index is 0.000000243. The zero-order valence-electron chi connectivity index (χ0n) is 14.6. The number of rotatable bonds is 4. The molecular weight excluding hydrogens is 298 g/mol. The van der Waals surface area contributed by atoms with Crippen LogP contribution < -0.4 is 0 Å². The van der Waals surface area contributed by atoms with E-state index in [4.69, 9.17) is 5.26 Å². The van der Waals surface area contributed by atoms with Crippen molar-refractivity contribution in [3.8, 4) is 6.07 Å². The highest BCUT2D eigenvalue weighted by Gasteiger charge is 2.13. The van der Waals surface area contributed by atoms with Crippen molar-refractivity contribution >= 4 is 11.6 Å². The SMILES string of the molecule is CC(C)C(=O)c1ccccc1.CC(C)C(=O)c1ccccc1C#N. The van der Waals surface area contributed by atoms with Gasteiger partial charge in [0.15, 0.2) is 11.6 Å². The topological polar surface area (TPSA) is 57.9 Å². The standard InChI is InChI=1S/C11H11NO.C10H12O/c1-8(2)11(13)10-6-4-3-5-9(10)7-12;1-8(2)10(11)9-6-4-3-5-7-9/h3-6,8H,1-2H3;3-8H,1-2H3. The number of carbonyl (C=O) groups is 2. The summed E-state index contributed by atoms with van der Waals surface area (Å²) in [5.74, 6) is 0.273. The van der Waals surface area contributed by atoms with E-state index in [1.165, 1.54) is 0 Å².